The Balaban J connectivity index is 2.62. The molecule has 2 aromatic rings. The van der Waals surface area contributed by atoms with E-state index in [-0.39, 0.29) is 0 Å². The number of benzene rings is 1. The summed E-state index contributed by atoms with van der Waals surface area (Å²) in [5, 5.41) is 1.16. The number of hydrogen-bond donors (Lipinski definition) is 0. The maximum atomic E-state index is 4.42. The van der Waals surface area contributed by atoms with Gasteiger partial charge in [0.25, 0.3) is 0 Å². The molecule has 0 bridgehead atoms. The summed E-state index contributed by atoms with van der Waals surface area (Å²) in [6, 6.07) is 12.1. The smallest absolute Gasteiger partial charge is 0.0815 e. The van der Waals surface area contributed by atoms with Gasteiger partial charge in [0.05, 0.1) is 11.2 Å². The first-order valence-corrected chi connectivity index (χ1v) is 4.18. The van der Waals surface area contributed by atoms with E-state index in [4.69, 9.17) is 0 Å². The SMILES string of the molecule is CN=Cc1ccc2ccccc2n1. The fourth-order valence-electron chi connectivity index (χ4n) is 1.29. The molecule has 0 amide bonds. The number of fused-ring (bicyclic) bond motifs is 1. The van der Waals surface area contributed by atoms with E-state index in [1.165, 1.54) is 0 Å². The van der Waals surface area contributed by atoms with E-state index in [1.807, 2.05) is 24.3 Å². The lowest BCUT2D eigenvalue weighted by molar-refractivity contribution is 1.36. The minimum Gasteiger partial charge on any atom is -0.294 e. The van der Waals surface area contributed by atoms with Crippen molar-refractivity contribution in [1.29, 1.82) is 0 Å². The first kappa shape index (κ1) is 7.92. The molecule has 2 heteroatoms. The second-order valence-electron chi connectivity index (χ2n) is 2.82. The topological polar surface area (TPSA) is 25.2 Å². The van der Waals surface area contributed by atoms with Crippen molar-refractivity contribution in [2.24, 2.45) is 4.99 Å². The van der Waals surface area contributed by atoms with Gasteiger partial charge in [-0.2, -0.15) is 0 Å². The van der Waals surface area contributed by atoms with Crippen LogP contribution in [0.1, 0.15) is 5.69 Å². The molecule has 0 spiro atoms. The third-order valence-corrected chi connectivity index (χ3v) is 1.88. The molecule has 0 atom stereocenters. The van der Waals surface area contributed by atoms with Gasteiger partial charge in [-0.25, -0.2) is 4.98 Å². The van der Waals surface area contributed by atoms with E-state index in [2.05, 4.69) is 22.1 Å². The van der Waals surface area contributed by atoms with E-state index in [0.717, 1.165) is 16.6 Å². The summed E-state index contributed by atoms with van der Waals surface area (Å²) < 4.78 is 0. The van der Waals surface area contributed by atoms with Crippen LogP contribution in [0.15, 0.2) is 41.4 Å². The van der Waals surface area contributed by atoms with Gasteiger partial charge in [0.15, 0.2) is 0 Å². The zero-order chi connectivity index (χ0) is 9.10. The third kappa shape index (κ3) is 1.56. The first-order chi connectivity index (χ1) is 6.40. The van der Waals surface area contributed by atoms with Crippen LogP contribution < -0.4 is 0 Å². The predicted molar refractivity (Wildman–Crippen MR) is 55.3 cm³/mol. The molecule has 0 aliphatic carbocycles. The second-order valence-corrected chi connectivity index (χ2v) is 2.82. The molecule has 0 saturated carbocycles. The zero-order valence-corrected chi connectivity index (χ0v) is 7.44. The number of aliphatic imine (C=N–C) groups is 1. The Morgan fingerprint density at radius 3 is 2.85 bits per heavy atom. The van der Waals surface area contributed by atoms with Crippen molar-refractivity contribution in [1.82, 2.24) is 4.98 Å². The first-order valence-electron chi connectivity index (χ1n) is 4.18. The van der Waals surface area contributed by atoms with Crippen molar-refractivity contribution >= 4 is 17.1 Å². The number of pyridine rings is 1. The highest BCUT2D eigenvalue weighted by Crippen LogP contribution is 2.10. The van der Waals surface area contributed by atoms with E-state index in [9.17, 15) is 0 Å². The van der Waals surface area contributed by atoms with Crippen molar-refractivity contribution in [3.63, 3.8) is 0 Å². The van der Waals surface area contributed by atoms with Gasteiger partial charge in [0, 0.05) is 18.6 Å². The van der Waals surface area contributed by atoms with E-state index < -0.39 is 0 Å². The summed E-state index contributed by atoms with van der Waals surface area (Å²) in [4.78, 5) is 8.34. The zero-order valence-electron chi connectivity index (χ0n) is 7.44. The lowest BCUT2D eigenvalue weighted by Crippen LogP contribution is -1.87. The normalized spacial score (nSPS) is 11.2. The highest BCUT2D eigenvalue weighted by atomic mass is 14.7. The minimum absolute atomic E-state index is 0.904. The molecule has 0 radical (unpaired) electrons. The molecular weight excluding hydrogens is 160 g/mol. The van der Waals surface area contributed by atoms with Gasteiger partial charge in [0.2, 0.25) is 0 Å². The lowest BCUT2D eigenvalue weighted by Gasteiger charge is -1.96. The summed E-state index contributed by atoms with van der Waals surface area (Å²) >= 11 is 0. The highest BCUT2D eigenvalue weighted by Gasteiger charge is 1.93. The number of aromatic nitrogens is 1. The van der Waals surface area contributed by atoms with Crippen LogP contribution in [0.25, 0.3) is 10.9 Å². The van der Waals surface area contributed by atoms with E-state index in [1.54, 1.807) is 13.3 Å². The molecule has 0 unspecified atom stereocenters. The van der Waals surface area contributed by atoms with Crippen molar-refractivity contribution in [3.8, 4) is 0 Å². The van der Waals surface area contributed by atoms with Gasteiger partial charge in [-0.15, -0.1) is 0 Å². The molecule has 1 aromatic carbocycles. The standard InChI is InChI=1S/C11H10N2/c1-12-8-10-7-6-9-4-2-3-5-11(9)13-10/h2-8H,1H3. The van der Waals surface area contributed by atoms with Crippen LogP contribution in [0.3, 0.4) is 0 Å². The number of para-hydroxylation sites is 1. The fraction of sp³-hybridized carbons (Fsp3) is 0.0909. The average Bonchev–Trinajstić information content (AvgIpc) is 2.18. The van der Waals surface area contributed by atoms with Gasteiger partial charge >= 0.3 is 0 Å². The van der Waals surface area contributed by atoms with E-state index in [0.29, 0.717) is 0 Å². The summed E-state index contributed by atoms with van der Waals surface area (Å²) in [6.45, 7) is 0. The van der Waals surface area contributed by atoms with Crippen LogP contribution >= 0.6 is 0 Å². The molecule has 1 aromatic heterocycles. The Kier molecular flexibility index (Phi) is 2.04. The Morgan fingerprint density at radius 2 is 2.00 bits per heavy atom. The Morgan fingerprint density at radius 1 is 1.15 bits per heavy atom. The van der Waals surface area contributed by atoms with Crippen molar-refractivity contribution in [2.75, 3.05) is 7.05 Å². The van der Waals surface area contributed by atoms with Crippen molar-refractivity contribution < 1.29 is 0 Å². The molecule has 0 fully saturated rings. The van der Waals surface area contributed by atoms with Gasteiger partial charge in [-0.1, -0.05) is 24.3 Å². The molecule has 2 nitrogen and oxygen atoms in total. The molecule has 0 saturated heterocycles. The monoisotopic (exact) mass is 170 g/mol. The molecule has 0 aliphatic rings. The molecule has 0 N–H and O–H groups in total. The summed E-state index contributed by atoms with van der Waals surface area (Å²) in [7, 11) is 1.75. The second kappa shape index (κ2) is 3.35. The van der Waals surface area contributed by atoms with E-state index >= 15 is 0 Å². The highest BCUT2D eigenvalue weighted by molar-refractivity contribution is 5.84. The Labute approximate surface area is 77.0 Å². The predicted octanol–water partition coefficient (Wildman–Crippen LogP) is 2.28. The lowest BCUT2D eigenvalue weighted by atomic mass is 10.2. The van der Waals surface area contributed by atoms with Gasteiger partial charge < -0.3 is 0 Å². The summed E-state index contributed by atoms with van der Waals surface area (Å²) in [5.41, 5.74) is 1.92. The average molecular weight is 170 g/mol. The van der Waals surface area contributed by atoms with Crippen LogP contribution in [0, 0.1) is 0 Å². The minimum atomic E-state index is 0.904. The largest absolute Gasteiger partial charge is 0.294 e. The summed E-state index contributed by atoms with van der Waals surface area (Å²) in [5.74, 6) is 0. The van der Waals surface area contributed by atoms with Gasteiger partial charge in [-0.3, -0.25) is 4.99 Å². The van der Waals surface area contributed by atoms with Crippen LogP contribution in [0.2, 0.25) is 0 Å². The molecule has 64 valence electrons. The fourth-order valence-corrected chi connectivity index (χ4v) is 1.29. The number of hydrogen-bond acceptors (Lipinski definition) is 2. The molecule has 0 aliphatic heterocycles. The van der Waals surface area contributed by atoms with Gasteiger partial charge in [0.1, 0.15) is 0 Å². The molecular formula is C11H10N2. The van der Waals surface area contributed by atoms with Crippen molar-refractivity contribution in [2.45, 2.75) is 0 Å². The van der Waals surface area contributed by atoms with Crippen LogP contribution in [0.5, 0.6) is 0 Å². The van der Waals surface area contributed by atoms with Crippen LogP contribution in [0.4, 0.5) is 0 Å². The Hall–Kier alpha value is -1.70. The summed E-state index contributed by atoms with van der Waals surface area (Å²) in [6.07, 6.45) is 1.76. The van der Waals surface area contributed by atoms with Gasteiger partial charge in [-0.05, 0) is 12.1 Å². The number of rotatable bonds is 1. The van der Waals surface area contributed by atoms with Crippen molar-refractivity contribution in [3.05, 3.63) is 42.1 Å². The number of nitrogens with zero attached hydrogens (tertiary/aromatic N) is 2. The molecule has 13 heavy (non-hydrogen) atoms. The maximum absolute atomic E-state index is 4.42. The quantitative estimate of drug-likeness (QED) is 0.603. The third-order valence-electron chi connectivity index (χ3n) is 1.88. The Bertz CT molecular complexity index is 447. The molecule has 2 rings (SSSR count). The van der Waals surface area contributed by atoms with Crippen LogP contribution in [-0.2, 0) is 0 Å². The maximum Gasteiger partial charge on any atom is 0.0815 e. The van der Waals surface area contributed by atoms with Crippen LogP contribution in [-0.4, -0.2) is 18.2 Å². The molecule has 1 heterocycles.